The molecular weight excluding hydrogens is 242 g/mol. The van der Waals surface area contributed by atoms with Crippen LogP contribution < -0.4 is 0 Å². The minimum Gasteiger partial charge on any atom is -0.207 e. The third kappa shape index (κ3) is 3.77. The first-order chi connectivity index (χ1) is 9.22. The van der Waals surface area contributed by atoms with Crippen LogP contribution in [0.3, 0.4) is 0 Å². The predicted octanol–water partition coefficient (Wildman–Crippen LogP) is 5.82. The van der Waals surface area contributed by atoms with E-state index in [0.29, 0.717) is 5.56 Å². The van der Waals surface area contributed by atoms with Crippen LogP contribution in [-0.2, 0) is 0 Å². The van der Waals surface area contributed by atoms with Gasteiger partial charge < -0.3 is 0 Å². The molecule has 1 aliphatic rings. The highest BCUT2D eigenvalue weighted by Gasteiger charge is 2.26. The summed E-state index contributed by atoms with van der Waals surface area (Å²) in [5, 5.41) is 0. The quantitative estimate of drug-likeness (QED) is 0.589. The molecule has 0 saturated heterocycles. The van der Waals surface area contributed by atoms with E-state index in [4.69, 9.17) is 0 Å². The van der Waals surface area contributed by atoms with E-state index in [1.54, 1.807) is 0 Å². The fourth-order valence-corrected chi connectivity index (χ4v) is 3.32. The van der Waals surface area contributed by atoms with Crippen molar-refractivity contribution in [2.75, 3.05) is 0 Å². The normalized spacial score (nSPS) is 23.5. The maximum absolute atomic E-state index is 13.7. The summed E-state index contributed by atoms with van der Waals surface area (Å²) in [7, 11) is 0. The number of rotatable bonds is 5. The number of hydrogen-bond acceptors (Lipinski definition) is 0. The molecule has 0 aromatic heterocycles. The SMILES string of the molecule is CCCCCC1CCC(c2c(F)cccc2F)CC1. The minimum absolute atomic E-state index is 0.0867. The van der Waals surface area contributed by atoms with Crippen LogP contribution in [0.15, 0.2) is 18.2 Å². The summed E-state index contributed by atoms with van der Waals surface area (Å²) in [6.45, 7) is 2.22. The van der Waals surface area contributed by atoms with E-state index in [0.717, 1.165) is 31.6 Å². The number of halogens is 2. The van der Waals surface area contributed by atoms with Crippen LogP contribution in [0.1, 0.15) is 69.8 Å². The summed E-state index contributed by atoms with van der Waals surface area (Å²) >= 11 is 0. The first-order valence-electron chi connectivity index (χ1n) is 7.66. The topological polar surface area (TPSA) is 0 Å². The van der Waals surface area contributed by atoms with E-state index < -0.39 is 0 Å². The Balaban J connectivity index is 1.89. The van der Waals surface area contributed by atoms with Crippen molar-refractivity contribution in [3.05, 3.63) is 35.4 Å². The summed E-state index contributed by atoms with van der Waals surface area (Å²) in [4.78, 5) is 0. The summed E-state index contributed by atoms with van der Waals surface area (Å²) in [6.07, 6.45) is 9.30. The first-order valence-corrected chi connectivity index (χ1v) is 7.66. The van der Waals surface area contributed by atoms with Gasteiger partial charge >= 0.3 is 0 Å². The Kier molecular flexibility index (Phi) is 5.35. The molecule has 1 fully saturated rings. The van der Waals surface area contributed by atoms with Gasteiger partial charge in [-0.25, -0.2) is 8.78 Å². The van der Waals surface area contributed by atoms with Gasteiger partial charge in [0, 0.05) is 5.56 Å². The summed E-state index contributed by atoms with van der Waals surface area (Å²) in [6, 6.07) is 4.21. The van der Waals surface area contributed by atoms with E-state index in [9.17, 15) is 8.78 Å². The maximum Gasteiger partial charge on any atom is 0.129 e. The van der Waals surface area contributed by atoms with Crippen molar-refractivity contribution in [1.29, 1.82) is 0 Å². The van der Waals surface area contributed by atoms with Gasteiger partial charge in [-0.1, -0.05) is 38.7 Å². The second-order valence-electron chi connectivity index (χ2n) is 5.85. The molecule has 0 spiro atoms. The molecule has 106 valence electrons. The van der Waals surface area contributed by atoms with Crippen molar-refractivity contribution in [3.8, 4) is 0 Å². The Morgan fingerprint density at radius 3 is 2.21 bits per heavy atom. The lowest BCUT2D eigenvalue weighted by Gasteiger charge is -2.29. The average molecular weight is 266 g/mol. The third-order valence-corrected chi connectivity index (χ3v) is 4.47. The second kappa shape index (κ2) is 7.02. The highest BCUT2D eigenvalue weighted by Crippen LogP contribution is 2.39. The molecular formula is C17H24F2. The molecule has 0 nitrogen and oxygen atoms in total. The lowest BCUT2D eigenvalue weighted by Crippen LogP contribution is -2.15. The minimum atomic E-state index is -0.366. The van der Waals surface area contributed by atoms with Crippen molar-refractivity contribution < 1.29 is 8.78 Å². The first kappa shape index (κ1) is 14.5. The standard InChI is InChI=1S/C17H24F2/c1-2-3-4-6-13-9-11-14(12-10-13)17-15(18)7-5-8-16(17)19/h5,7-8,13-14H,2-4,6,9-12H2,1H3. The fraction of sp³-hybridized carbons (Fsp3) is 0.647. The molecule has 0 radical (unpaired) electrons. The molecule has 19 heavy (non-hydrogen) atoms. The van der Waals surface area contributed by atoms with Gasteiger partial charge in [0.15, 0.2) is 0 Å². The second-order valence-corrected chi connectivity index (χ2v) is 5.85. The molecule has 0 unspecified atom stereocenters. The fourth-order valence-electron chi connectivity index (χ4n) is 3.32. The molecule has 1 saturated carbocycles. The van der Waals surface area contributed by atoms with Crippen LogP contribution in [0.2, 0.25) is 0 Å². The van der Waals surface area contributed by atoms with Crippen LogP contribution in [0, 0.1) is 17.6 Å². The lowest BCUT2D eigenvalue weighted by molar-refractivity contribution is 0.295. The van der Waals surface area contributed by atoms with E-state index in [1.807, 2.05) is 0 Å². The van der Waals surface area contributed by atoms with Crippen LogP contribution in [0.5, 0.6) is 0 Å². The molecule has 0 aliphatic heterocycles. The molecule has 1 aliphatic carbocycles. The smallest absolute Gasteiger partial charge is 0.129 e. The van der Waals surface area contributed by atoms with Crippen molar-refractivity contribution in [3.63, 3.8) is 0 Å². The molecule has 1 aromatic rings. The molecule has 0 atom stereocenters. The lowest BCUT2D eigenvalue weighted by atomic mass is 9.77. The highest BCUT2D eigenvalue weighted by atomic mass is 19.1. The molecule has 1 aromatic carbocycles. The van der Waals surface area contributed by atoms with Gasteiger partial charge in [-0.3, -0.25) is 0 Å². The van der Waals surface area contributed by atoms with Gasteiger partial charge in [0.05, 0.1) is 0 Å². The van der Waals surface area contributed by atoms with E-state index in [2.05, 4.69) is 6.92 Å². The van der Waals surface area contributed by atoms with Crippen LogP contribution in [0.25, 0.3) is 0 Å². The van der Waals surface area contributed by atoms with E-state index in [1.165, 1.54) is 43.9 Å². The number of unbranched alkanes of at least 4 members (excludes halogenated alkanes) is 2. The number of hydrogen-bond donors (Lipinski definition) is 0. The van der Waals surface area contributed by atoms with Crippen molar-refractivity contribution in [2.24, 2.45) is 5.92 Å². The Morgan fingerprint density at radius 1 is 1.00 bits per heavy atom. The maximum atomic E-state index is 13.7. The van der Waals surface area contributed by atoms with Gasteiger partial charge in [-0.15, -0.1) is 0 Å². The molecule has 2 heteroatoms. The van der Waals surface area contributed by atoms with Crippen LogP contribution in [0.4, 0.5) is 8.78 Å². The van der Waals surface area contributed by atoms with E-state index >= 15 is 0 Å². The predicted molar refractivity (Wildman–Crippen MR) is 75.2 cm³/mol. The monoisotopic (exact) mass is 266 g/mol. The Morgan fingerprint density at radius 2 is 1.63 bits per heavy atom. The van der Waals surface area contributed by atoms with Crippen LogP contribution in [-0.4, -0.2) is 0 Å². The van der Waals surface area contributed by atoms with Gasteiger partial charge in [-0.05, 0) is 49.7 Å². The number of benzene rings is 1. The zero-order valence-corrected chi connectivity index (χ0v) is 11.8. The van der Waals surface area contributed by atoms with Crippen LogP contribution >= 0.6 is 0 Å². The van der Waals surface area contributed by atoms with Gasteiger partial charge in [0.25, 0.3) is 0 Å². The Labute approximate surface area is 115 Å². The highest BCUT2D eigenvalue weighted by molar-refractivity contribution is 5.24. The zero-order chi connectivity index (χ0) is 13.7. The van der Waals surface area contributed by atoms with Crippen molar-refractivity contribution in [1.82, 2.24) is 0 Å². The van der Waals surface area contributed by atoms with Gasteiger partial charge in [0.2, 0.25) is 0 Å². The Bertz CT molecular complexity index is 372. The molecule has 0 N–H and O–H groups in total. The summed E-state index contributed by atoms with van der Waals surface area (Å²) in [5.74, 6) is 0.130. The molecule has 2 rings (SSSR count). The zero-order valence-electron chi connectivity index (χ0n) is 11.8. The summed E-state index contributed by atoms with van der Waals surface area (Å²) in [5.41, 5.74) is 0.328. The summed E-state index contributed by atoms with van der Waals surface area (Å²) < 4.78 is 27.5. The largest absolute Gasteiger partial charge is 0.207 e. The van der Waals surface area contributed by atoms with Gasteiger partial charge in [-0.2, -0.15) is 0 Å². The Hall–Kier alpha value is -0.920. The van der Waals surface area contributed by atoms with E-state index in [-0.39, 0.29) is 17.6 Å². The molecule has 0 bridgehead atoms. The van der Waals surface area contributed by atoms with Crippen molar-refractivity contribution >= 4 is 0 Å². The molecule has 0 heterocycles. The molecule has 0 amide bonds. The van der Waals surface area contributed by atoms with Crippen molar-refractivity contribution in [2.45, 2.75) is 64.2 Å². The third-order valence-electron chi connectivity index (χ3n) is 4.47. The average Bonchev–Trinajstić information content (AvgIpc) is 2.40. The van der Waals surface area contributed by atoms with Gasteiger partial charge in [0.1, 0.15) is 11.6 Å².